The van der Waals surface area contributed by atoms with E-state index in [0.717, 1.165) is 65.3 Å². The monoisotopic (exact) mass is 486 g/mol. The normalized spacial score (nSPS) is 14.9. The van der Waals surface area contributed by atoms with Gasteiger partial charge in [-0.2, -0.15) is 0 Å². The van der Waals surface area contributed by atoms with Gasteiger partial charge in [0.25, 0.3) is 5.91 Å². The predicted octanol–water partition coefficient (Wildman–Crippen LogP) is 5.24. The van der Waals surface area contributed by atoms with Crippen LogP contribution in [0.25, 0.3) is 20.4 Å². The van der Waals surface area contributed by atoms with Gasteiger partial charge in [0.15, 0.2) is 10.1 Å². The van der Waals surface area contributed by atoms with Crippen molar-refractivity contribution < 1.29 is 9.53 Å². The summed E-state index contributed by atoms with van der Waals surface area (Å²) in [4.78, 5) is 27.2. The molecule has 2 aromatic heterocycles. The van der Waals surface area contributed by atoms with Gasteiger partial charge in [-0.3, -0.25) is 14.6 Å². The number of amides is 1. The van der Waals surface area contributed by atoms with Gasteiger partial charge in [0, 0.05) is 31.2 Å². The summed E-state index contributed by atoms with van der Waals surface area (Å²) in [5, 5.41) is 1.87. The maximum Gasteiger partial charge on any atom is 0.289 e. The van der Waals surface area contributed by atoms with Crippen molar-refractivity contribution in [1.29, 1.82) is 0 Å². The Morgan fingerprint density at radius 1 is 1.12 bits per heavy atom. The average Bonchev–Trinajstić information content (AvgIpc) is 3.44. The van der Waals surface area contributed by atoms with Crippen molar-refractivity contribution in [1.82, 2.24) is 14.9 Å². The van der Waals surface area contributed by atoms with E-state index in [2.05, 4.69) is 9.88 Å². The highest BCUT2D eigenvalue weighted by molar-refractivity contribution is 7.23. The Morgan fingerprint density at radius 3 is 2.75 bits per heavy atom. The van der Waals surface area contributed by atoms with E-state index >= 15 is 0 Å². The first-order valence-electron chi connectivity index (χ1n) is 10.6. The molecule has 3 heterocycles. The number of halogens is 1. The lowest BCUT2D eigenvalue weighted by atomic mass is 10.2. The number of nitrogens with zero attached hydrogens (tertiary/aromatic N) is 4. The topological polar surface area (TPSA) is 58.6 Å². The van der Waals surface area contributed by atoms with Crippen molar-refractivity contribution in [2.45, 2.75) is 13.3 Å². The molecule has 9 heteroatoms. The molecule has 0 radical (unpaired) electrons. The number of benzene rings is 2. The fraction of sp³-hybridized carbons (Fsp3) is 0.348. The summed E-state index contributed by atoms with van der Waals surface area (Å²) in [6.07, 6.45) is 0.853. The summed E-state index contributed by atoms with van der Waals surface area (Å²) in [7, 11) is 0. The lowest BCUT2D eigenvalue weighted by Gasteiger charge is -2.27. The van der Waals surface area contributed by atoms with Crippen LogP contribution in [-0.2, 0) is 4.74 Å². The van der Waals surface area contributed by atoms with Gasteiger partial charge in [-0.15, -0.1) is 11.3 Å². The lowest BCUT2D eigenvalue weighted by Crippen LogP contribution is -2.39. The van der Waals surface area contributed by atoms with E-state index in [1.807, 2.05) is 43.3 Å². The molecular weight excluding hydrogens is 464 g/mol. The Bertz CT molecular complexity index is 1230. The number of aryl methyl sites for hydroxylation is 1. The van der Waals surface area contributed by atoms with Crippen molar-refractivity contribution in [2.75, 3.05) is 44.3 Å². The molecule has 1 saturated heterocycles. The fourth-order valence-corrected chi connectivity index (χ4v) is 5.96. The summed E-state index contributed by atoms with van der Waals surface area (Å²) in [6.45, 7) is 6.88. The molecule has 1 amide bonds. The molecule has 1 fully saturated rings. The zero-order valence-electron chi connectivity index (χ0n) is 17.7. The average molecular weight is 487 g/mol. The second-order valence-electron chi connectivity index (χ2n) is 7.77. The van der Waals surface area contributed by atoms with Gasteiger partial charge in [0.1, 0.15) is 0 Å². The number of aromatic nitrogens is 2. The quantitative estimate of drug-likeness (QED) is 0.373. The van der Waals surface area contributed by atoms with Crippen LogP contribution in [0.5, 0.6) is 0 Å². The zero-order valence-corrected chi connectivity index (χ0v) is 20.1. The molecule has 32 heavy (non-hydrogen) atoms. The van der Waals surface area contributed by atoms with E-state index in [1.165, 1.54) is 22.7 Å². The van der Waals surface area contributed by atoms with Crippen LogP contribution in [0.15, 0.2) is 36.4 Å². The number of anilines is 1. The third kappa shape index (κ3) is 4.38. The lowest BCUT2D eigenvalue weighted by molar-refractivity contribution is 0.0376. The molecule has 0 spiro atoms. The SMILES string of the molecule is Cc1c(Cl)ccc2sc(N(CCCN3CCOCC3)C(=O)c3nc4ccccc4s3)nc12. The first kappa shape index (κ1) is 21.7. The first-order valence-corrected chi connectivity index (χ1v) is 12.6. The maximum absolute atomic E-state index is 13.6. The minimum atomic E-state index is -0.101. The van der Waals surface area contributed by atoms with Gasteiger partial charge in [0.2, 0.25) is 0 Å². The molecule has 0 atom stereocenters. The molecule has 4 aromatic rings. The first-order chi connectivity index (χ1) is 15.6. The highest BCUT2D eigenvalue weighted by atomic mass is 35.5. The van der Waals surface area contributed by atoms with Crippen molar-refractivity contribution in [3.8, 4) is 0 Å². The zero-order chi connectivity index (χ0) is 22.1. The number of morpholine rings is 1. The Morgan fingerprint density at radius 2 is 1.94 bits per heavy atom. The second kappa shape index (κ2) is 9.41. The fourth-order valence-electron chi connectivity index (χ4n) is 3.84. The third-order valence-electron chi connectivity index (χ3n) is 5.65. The number of fused-ring (bicyclic) bond motifs is 2. The smallest absolute Gasteiger partial charge is 0.289 e. The van der Waals surface area contributed by atoms with Gasteiger partial charge in [-0.25, -0.2) is 9.97 Å². The van der Waals surface area contributed by atoms with E-state index in [1.54, 1.807) is 4.90 Å². The van der Waals surface area contributed by atoms with E-state index in [-0.39, 0.29) is 5.91 Å². The Hall–Kier alpha value is -2.10. The number of para-hydroxylation sites is 1. The van der Waals surface area contributed by atoms with Crippen molar-refractivity contribution in [3.05, 3.63) is 52.0 Å². The Balaban J connectivity index is 1.45. The van der Waals surface area contributed by atoms with Gasteiger partial charge in [-0.1, -0.05) is 35.1 Å². The summed E-state index contributed by atoms with van der Waals surface area (Å²) < 4.78 is 7.48. The summed E-state index contributed by atoms with van der Waals surface area (Å²) >= 11 is 9.26. The highest BCUT2D eigenvalue weighted by Crippen LogP contribution is 2.35. The largest absolute Gasteiger partial charge is 0.379 e. The van der Waals surface area contributed by atoms with Crippen LogP contribution in [0.4, 0.5) is 5.13 Å². The van der Waals surface area contributed by atoms with Crippen LogP contribution < -0.4 is 4.90 Å². The maximum atomic E-state index is 13.6. The highest BCUT2D eigenvalue weighted by Gasteiger charge is 2.25. The number of hydrogen-bond donors (Lipinski definition) is 0. The minimum Gasteiger partial charge on any atom is -0.379 e. The van der Waals surface area contributed by atoms with E-state index < -0.39 is 0 Å². The molecule has 6 nitrogen and oxygen atoms in total. The number of hydrogen-bond acceptors (Lipinski definition) is 7. The number of rotatable bonds is 6. The summed E-state index contributed by atoms with van der Waals surface area (Å²) in [5.74, 6) is -0.101. The second-order valence-corrected chi connectivity index (χ2v) is 10.2. The number of carbonyl (C=O) groups excluding carboxylic acids is 1. The van der Waals surface area contributed by atoms with Gasteiger partial charge in [0.05, 0.1) is 33.6 Å². The van der Waals surface area contributed by atoms with Crippen LogP contribution in [0.1, 0.15) is 21.8 Å². The number of ether oxygens (including phenoxy) is 1. The van der Waals surface area contributed by atoms with E-state index in [4.69, 9.17) is 21.3 Å². The van der Waals surface area contributed by atoms with Crippen molar-refractivity contribution in [2.24, 2.45) is 0 Å². The molecule has 5 rings (SSSR count). The van der Waals surface area contributed by atoms with Gasteiger partial charge < -0.3 is 4.74 Å². The molecule has 0 unspecified atom stereocenters. The van der Waals surface area contributed by atoms with Crippen LogP contribution in [-0.4, -0.2) is 60.2 Å². The number of thiazole rings is 2. The molecule has 166 valence electrons. The van der Waals surface area contributed by atoms with Crippen LogP contribution in [0.3, 0.4) is 0 Å². The third-order valence-corrected chi connectivity index (χ3v) is 8.13. The van der Waals surface area contributed by atoms with E-state index in [0.29, 0.717) is 21.7 Å². The Labute approximate surface area is 199 Å². The predicted molar refractivity (Wildman–Crippen MR) is 133 cm³/mol. The molecule has 0 aliphatic carbocycles. The molecule has 2 aromatic carbocycles. The Kier molecular flexibility index (Phi) is 6.39. The minimum absolute atomic E-state index is 0.101. The van der Waals surface area contributed by atoms with Crippen LogP contribution in [0.2, 0.25) is 5.02 Å². The summed E-state index contributed by atoms with van der Waals surface area (Å²) in [6, 6.07) is 11.7. The standard InChI is InChI=1S/C23H23ClN4O2S2/c1-15-16(24)7-8-19-20(15)26-23(32-19)28(10-4-9-27-11-13-30-14-12-27)22(29)21-25-17-5-2-3-6-18(17)31-21/h2-3,5-8H,4,9-14H2,1H3. The molecule has 1 aliphatic heterocycles. The van der Waals surface area contributed by atoms with E-state index in [9.17, 15) is 4.79 Å². The van der Waals surface area contributed by atoms with Crippen molar-refractivity contribution >= 4 is 65.7 Å². The molecule has 1 aliphatic rings. The summed E-state index contributed by atoms with van der Waals surface area (Å²) in [5.41, 5.74) is 2.64. The number of carbonyl (C=O) groups is 1. The van der Waals surface area contributed by atoms with Gasteiger partial charge in [-0.05, 0) is 43.2 Å². The molecule has 0 N–H and O–H groups in total. The van der Waals surface area contributed by atoms with Crippen LogP contribution in [0, 0.1) is 6.92 Å². The molecule has 0 saturated carbocycles. The molecular formula is C23H23ClN4O2S2. The van der Waals surface area contributed by atoms with Crippen molar-refractivity contribution in [3.63, 3.8) is 0 Å². The molecule has 0 bridgehead atoms. The van der Waals surface area contributed by atoms with Crippen LogP contribution >= 0.6 is 34.3 Å². The van der Waals surface area contributed by atoms with Gasteiger partial charge >= 0.3 is 0 Å².